The van der Waals surface area contributed by atoms with Gasteiger partial charge in [-0.2, -0.15) is 0 Å². The molecule has 4 nitrogen and oxygen atoms in total. The fourth-order valence-corrected chi connectivity index (χ4v) is 3.67. The Balaban J connectivity index is 1.58. The van der Waals surface area contributed by atoms with Crippen molar-refractivity contribution in [1.29, 1.82) is 0 Å². The van der Waals surface area contributed by atoms with Crippen LogP contribution in [0.5, 0.6) is 0 Å². The Kier molecular flexibility index (Phi) is 5.10. The molecule has 0 aliphatic heterocycles. The second kappa shape index (κ2) is 7.84. The molecule has 0 saturated heterocycles. The van der Waals surface area contributed by atoms with Crippen molar-refractivity contribution in [2.24, 2.45) is 0 Å². The molecule has 0 spiro atoms. The van der Waals surface area contributed by atoms with Gasteiger partial charge in [0, 0.05) is 16.6 Å². The van der Waals surface area contributed by atoms with Gasteiger partial charge in [-0.3, -0.25) is 9.59 Å². The molecular weight excluding hydrogens is 392 g/mol. The molecule has 0 aliphatic rings. The summed E-state index contributed by atoms with van der Waals surface area (Å²) >= 11 is 7.54. The van der Waals surface area contributed by atoms with Crippen LogP contribution in [0.1, 0.15) is 20.0 Å². The van der Waals surface area contributed by atoms with E-state index in [1.165, 1.54) is 11.3 Å². The molecule has 28 heavy (non-hydrogen) atoms. The molecular formula is C22H15ClN2O2S. The number of carbonyl (C=O) groups is 2. The molecule has 6 heteroatoms. The quantitative estimate of drug-likeness (QED) is 0.432. The highest BCUT2D eigenvalue weighted by Gasteiger charge is 2.14. The molecule has 138 valence electrons. The van der Waals surface area contributed by atoms with Gasteiger partial charge in [0.15, 0.2) is 0 Å². The number of fused-ring (bicyclic) bond motifs is 1. The fraction of sp³-hybridized carbons (Fsp3) is 0. The van der Waals surface area contributed by atoms with Crippen molar-refractivity contribution < 1.29 is 9.59 Å². The number of thiophene rings is 1. The van der Waals surface area contributed by atoms with Gasteiger partial charge in [0.1, 0.15) is 0 Å². The van der Waals surface area contributed by atoms with Crippen LogP contribution in [0.25, 0.3) is 10.8 Å². The van der Waals surface area contributed by atoms with Crippen molar-refractivity contribution in [3.05, 3.63) is 93.6 Å². The summed E-state index contributed by atoms with van der Waals surface area (Å²) < 4.78 is 0. The maximum atomic E-state index is 12.8. The lowest BCUT2D eigenvalue weighted by molar-refractivity contribution is 0.101. The Labute approximate surface area is 170 Å². The standard InChI is InChI=1S/C22H15ClN2O2S/c23-17-11-10-15(13-19(17)25-22(27)20-9-4-12-28-20)21(26)24-18-8-3-6-14-5-1-2-7-16(14)18/h1-13H,(H,24,26)(H,25,27). The minimum Gasteiger partial charge on any atom is -0.321 e. The van der Waals surface area contributed by atoms with Gasteiger partial charge in [-0.25, -0.2) is 0 Å². The summed E-state index contributed by atoms with van der Waals surface area (Å²) in [6.07, 6.45) is 0. The highest BCUT2D eigenvalue weighted by Crippen LogP contribution is 2.27. The Bertz CT molecular complexity index is 1170. The average molecular weight is 407 g/mol. The van der Waals surface area contributed by atoms with Crippen molar-refractivity contribution >= 4 is 56.9 Å². The maximum Gasteiger partial charge on any atom is 0.265 e. The summed E-state index contributed by atoms with van der Waals surface area (Å²) in [5.41, 5.74) is 1.52. The van der Waals surface area contributed by atoms with Crippen molar-refractivity contribution in [2.45, 2.75) is 0 Å². The van der Waals surface area contributed by atoms with Crippen LogP contribution >= 0.6 is 22.9 Å². The molecule has 0 saturated carbocycles. The third-order valence-electron chi connectivity index (χ3n) is 4.26. The first-order valence-corrected chi connectivity index (χ1v) is 9.81. The lowest BCUT2D eigenvalue weighted by Crippen LogP contribution is -2.14. The Morgan fingerprint density at radius 3 is 2.39 bits per heavy atom. The molecule has 0 unspecified atom stereocenters. The first kappa shape index (κ1) is 18.2. The number of rotatable bonds is 4. The number of hydrogen-bond donors (Lipinski definition) is 2. The number of anilines is 2. The van der Waals surface area contributed by atoms with Crippen molar-refractivity contribution in [3.8, 4) is 0 Å². The molecule has 2 N–H and O–H groups in total. The second-order valence-corrected chi connectivity index (χ2v) is 7.46. The van der Waals surface area contributed by atoms with Gasteiger partial charge < -0.3 is 10.6 Å². The van der Waals surface area contributed by atoms with Gasteiger partial charge >= 0.3 is 0 Å². The molecule has 3 aromatic carbocycles. The van der Waals surface area contributed by atoms with Gasteiger partial charge in [-0.05, 0) is 41.1 Å². The molecule has 0 radical (unpaired) electrons. The molecule has 1 heterocycles. The zero-order chi connectivity index (χ0) is 19.5. The Morgan fingerprint density at radius 1 is 0.786 bits per heavy atom. The predicted molar refractivity (Wildman–Crippen MR) is 116 cm³/mol. The lowest BCUT2D eigenvalue weighted by atomic mass is 10.1. The Hall–Kier alpha value is -3.15. The van der Waals surface area contributed by atoms with E-state index >= 15 is 0 Å². The zero-order valence-electron chi connectivity index (χ0n) is 14.6. The van der Waals surface area contributed by atoms with Gasteiger partial charge in [-0.1, -0.05) is 54.1 Å². The largest absolute Gasteiger partial charge is 0.321 e. The number of carbonyl (C=O) groups excluding carboxylic acids is 2. The fourth-order valence-electron chi connectivity index (χ4n) is 2.88. The van der Waals surface area contributed by atoms with E-state index in [2.05, 4.69) is 10.6 Å². The molecule has 0 bridgehead atoms. The number of nitrogens with one attached hydrogen (secondary N) is 2. The van der Waals surface area contributed by atoms with Crippen LogP contribution in [0.3, 0.4) is 0 Å². The summed E-state index contributed by atoms with van der Waals surface area (Å²) in [6, 6.07) is 21.9. The first-order valence-electron chi connectivity index (χ1n) is 8.55. The van der Waals surface area contributed by atoms with Crippen LogP contribution < -0.4 is 10.6 Å². The van der Waals surface area contributed by atoms with E-state index in [1.807, 2.05) is 47.8 Å². The van der Waals surface area contributed by atoms with Crippen LogP contribution in [0, 0.1) is 0 Å². The summed E-state index contributed by atoms with van der Waals surface area (Å²) in [4.78, 5) is 25.6. The maximum absolute atomic E-state index is 12.8. The first-order chi connectivity index (χ1) is 13.6. The van der Waals surface area contributed by atoms with Crippen LogP contribution in [-0.4, -0.2) is 11.8 Å². The number of amides is 2. The van der Waals surface area contributed by atoms with Crippen LogP contribution in [0.4, 0.5) is 11.4 Å². The van der Waals surface area contributed by atoms with Crippen molar-refractivity contribution in [2.75, 3.05) is 10.6 Å². The zero-order valence-corrected chi connectivity index (χ0v) is 16.2. The SMILES string of the molecule is O=C(Nc1cccc2ccccc12)c1ccc(Cl)c(NC(=O)c2cccs2)c1. The third kappa shape index (κ3) is 3.76. The molecule has 4 rings (SSSR count). The normalized spacial score (nSPS) is 10.6. The summed E-state index contributed by atoms with van der Waals surface area (Å²) in [5.74, 6) is -0.539. The van der Waals surface area contributed by atoms with E-state index in [-0.39, 0.29) is 11.8 Å². The van der Waals surface area contributed by atoms with Gasteiger partial charge in [0.05, 0.1) is 15.6 Å². The van der Waals surface area contributed by atoms with E-state index in [4.69, 9.17) is 11.6 Å². The molecule has 4 aromatic rings. The van der Waals surface area contributed by atoms with Gasteiger partial charge in [0.2, 0.25) is 0 Å². The summed E-state index contributed by atoms with van der Waals surface area (Å²) in [6.45, 7) is 0. The minimum atomic E-state index is -0.278. The third-order valence-corrected chi connectivity index (χ3v) is 5.46. The molecule has 2 amide bonds. The summed E-state index contributed by atoms with van der Waals surface area (Å²) in [7, 11) is 0. The van der Waals surface area contributed by atoms with E-state index in [0.717, 1.165) is 16.5 Å². The predicted octanol–water partition coefficient (Wildman–Crippen LogP) is 6.06. The highest BCUT2D eigenvalue weighted by molar-refractivity contribution is 7.12. The lowest BCUT2D eigenvalue weighted by Gasteiger charge is -2.11. The van der Waals surface area contributed by atoms with Gasteiger partial charge in [-0.15, -0.1) is 11.3 Å². The van der Waals surface area contributed by atoms with Crippen LogP contribution in [-0.2, 0) is 0 Å². The smallest absolute Gasteiger partial charge is 0.265 e. The number of benzene rings is 3. The van der Waals surface area contributed by atoms with Crippen LogP contribution in [0.2, 0.25) is 5.02 Å². The number of hydrogen-bond acceptors (Lipinski definition) is 3. The second-order valence-electron chi connectivity index (χ2n) is 6.11. The molecule has 0 atom stereocenters. The Morgan fingerprint density at radius 2 is 1.57 bits per heavy atom. The van der Waals surface area contributed by atoms with Gasteiger partial charge in [0.25, 0.3) is 11.8 Å². The monoisotopic (exact) mass is 406 g/mol. The molecule has 0 aliphatic carbocycles. The minimum absolute atomic E-state index is 0.261. The topological polar surface area (TPSA) is 58.2 Å². The van der Waals surface area contributed by atoms with E-state index in [0.29, 0.717) is 21.2 Å². The van der Waals surface area contributed by atoms with Crippen molar-refractivity contribution in [3.63, 3.8) is 0 Å². The molecule has 1 aromatic heterocycles. The number of halogens is 1. The molecule has 0 fully saturated rings. The van der Waals surface area contributed by atoms with E-state index < -0.39 is 0 Å². The van der Waals surface area contributed by atoms with Crippen molar-refractivity contribution in [1.82, 2.24) is 0 Å². The van der Waals surface area contributed by atoms with E-state index in [1.54, 1.807) is 30.3 Å². The van der Waals surface area contributed by atoms with Crippen LogP contribution in [0.15, 0.2) is 78.2 Å². The summed E-state index contributed by atoms with van der Waals surface area (Å²) in [5, 5.41) is 9.89. The highest BCUT2D eigenvalue weighted by atomic mass is 35.5. The average Bonchev–Trinajstić information content (AvgIpc) is 3.25. The van der Waals surface area contributed by atoms with E-state index in [9.17, 15) is 9.59 Å².